The summed E-state index contributed by atoms with van der Waals surface area (Å²) in [5.74, 6) is 0.0278. The molecular weight excluding hydrogens is 240 g/mol. The number of carboxylic acid groups (broad SMARTS) is 1. The fraction of sp³-hybridized carbons (Fsp3) is 0.933. The van der Waals surface area contributed by atoms with Crippen LogP contribution in [0.5, 0.6) is 0 Å². The number of hydrogen-bond donors (Lipinski definition) is 2. The van der Waals surface area contributed by atoms with E-state index in [2.05, 4.69) is 31.1 Å². The standard InChI is InChI=1S/C15H28N2O2/c1-4-11(2)10-17(3)13-7-8-15(9-13,14(18)19)16-12-5-6-12/h11-13,16H,4-10H2,1-3H3,(H,18,19). The lowest BCUT2D eigenvalue weighted by Crippen LogP contribution is -2.52. The first-order valence-corrected chi connectivity index (χ1v) is 7.68. The molecule has 3 atom stereocenters. The summed E-state index contributed by atoms with van der Waals surface area (Å²) in [6.07, 6.45) is 5.99. The molecule has 3 unspecified atom stereocenters. The van der Waals surface area contributed by atoms with Crippen LogP contribution in [-0.2, 0) is 4.79 Å². The van der Waals surface area contributed by atoms with Crippen LogP contribution in [0, 0.1) is 5.92 Å². The maximum atomic E-state index is 11.7. The molecule has 0 bridgehead atoms. The van der Waals surface area contributed by atoms with Gasteiger partial charge in [-0.3, -0.25) is 10.1 Å². The van der Waals surface area contributed by atoms with Crippen LogP contribution in [0.4, 0.5) is 0 Å². The molecular formula is C15H28N2O2. The zero-order valence-electron chi connectivity index (χ0n) is 12.5. The first-order chi connectivity index (χ1) is 8.97. The van der Waals surface area contributed by atoms with Gasteiger partial charge in [-0.25, -0.2) is 0 Å². The topological polar surface area (TPSA) is 52.6 Å². The molecule has 0 radical (unpaired) electrons. The van der Waals surface area contributed by atoms with Crippen LogP contribution < -0.4 is 5.32 Å². The predicted octanol–water partition coefficient (Wildman–Crippen LogP) is 2.09. The van der Waals surface area contributed by atoms with Gasteiger partial charge in [-0.15, -0.1) is 0 Å². The van der Waals surface area contributed by atoms with E-state index >= 15 is 0 Å². The van der Waals surface area contributed by atoms with Crippen molar-refractivity contribution in [2.45, 2.75) is 70.0 Å². The smallest absolute Gasteiger partial charge is 0.323 e. The van der Waals surface area contributed by atoms with Crippen molar-refractivity contribution in [3.05, 3.63) is 0 Å². The Morgan fingerprint density at radius 2 is 2.16 bits per heavy atom. The lowest BCUT2D eigenvalue weighted by Gasteiger charge is -2.30. The highest BCUT2D eigenvalue weighted by molar-refractivity contribution is 5.79. The first-order valence-electron chi connectivity index (χ1n) is 7.68. The summed E-state index contributed by atoms with van der Waals surface area (Å²) in [5, 5.41) is 13.0. The van der Waals surface area contributed by atoms with Crippen LogP contribution in [0.1, 0.15) is 52.4 Å². The fourth-order valence-corrected chi connectivity index (χ4v) is 3.17. The zero-order chi connectivity index (χ0) is 14.0. The van der Waals surface area contributed by atoms with E-state index in [1.807, 2.05) is 0 Å². The van der Waals surface area contributed by atoms with Gasteiger partial charge in [0.25, 0.3) is 0 Å². The van der Waals surface area contributed by atoms with E-state index in [-0.39, 0.29) is 0 Å². The van der Waals surface area contributed by atoms with Gasteiger partial charge in [0, 0.05) is 18.6 Å². The Balaban J connectivity index is 1.93. The first kappa shape index (κ1) is 14.8. The van der Waals surface area contributed by atoms with Gasteiger partial charge in [0.1, 0.15) is 5.54 Å². The molecule has 2 saturated carbocycles. The van der Waals surface area contributed by atoms with Crippen molar-refractivity contribution in [1.29, 1.82) is 0 Å². The van der Waals surface area contributed by atoms with E-state index in [0.717, 1.165) is 38.6 Å². The Bertz CT molecular complexity index is 330. The van der Waals surface area contributed by atoms with Crippen molar-refractivity contribution in [1.82, 2.24) is 10.2 Å². The Hall–Kier alpha value is -0.610. The van der Waals surface area contributed by atoms with E-state index in [4.69, 9.17) is 0 Å². The van der Waals surface area contributed by atoms with E-state index in [1.165, 1.54) is 6.42 Å². The highest BCUT2D eigenvalue weighted by atomic mass is 16.4. The van der Waals surface area contributed by atoms with Crippen molar-refractivity contribution < 1.29 is 9.90 Å². The third kappa shape index (κ3) is 3.48. The Morgan fingerprint density at radius 1 is 1.47 bits per heavy atom. The van der Waals surface area contributed by atoms with Crippen molar-refractivity contribution in [3.8, 4) is 0 Å². The molecule has 0 aromatic rings. The molecule has 2 N–H and O–H groups in total. The number of hydrogen-bond acceptors (Lipinski definition) is 3. The monoisotopic (exact) mass is 268 g/mol. The molecule has 2 aliphatic carbocycles. The second-order valence-corrected chi connectivity index (χ2v) is 6.66. The highest BCUT2D eigenvalue weighted by Crippen LogP contribution is 2.36. The van der Waals surface area contributed by atoms with Crippen LogP contribution in [0.15, 0.2) is 0 Å². The molecule has 0 spiro atoms. The summed E-state index contributed by atoms with van der Waals surface area (Å²) in [6, 6.07) is 0.867. The maximum absolute atomic E-state index is 11.7. The second kappa shape index (κ2) is 5.80. The number of nitrogens with one attached hydrogen (secondary N) is 1. The Kier molecular flexibility index (Phi) is 4.51. The molecule has 0 saturated heterocycles. The van der Waals surface area contributed by atoms with E-state index < -0.39 is 11.5 Å². The molecule has 0 heterocycles. The molecule has 2 fully saturated rings. The van der Waals surface area contributed by atoms with Crippen molar-refractivity contribution >= 4 is 5.97 Å². The van der Waals surface area contributed by atoms with Crippen LogP contribution >= 0.6 is 0 Å². The predicted molar refractivity (Wildman–Crippen MR) is 76.2 cm³/mol. The molecule has 0 aromatic carbocycles. The van der Waals surface area contributed by atoms with E-state index in [0.29, 0.717) is 18.0 Å². The van der Waals surface area contributed by atoms with Crippen LogP contribution in [0.3, 0.4) is 0 Å². The zero-order valence-corrected chi connectivity index (χ0v) is 12.5. The molecule has 19 heavy (non-hydrogen) atoms. The van der Waals surface area contributed by atoms with Crippen molar-refractivity contribution in [3.63, 3.8) is 0 Å². The Morgan fingerprint density at radius 3 is 2.68 bits per heavy atom. The molecule has 110 valence electrons. The van der Waals surface area contributed by atoms with E-state index in [1.54, 1.807) is 0 Å². The van der Waals surface area contributed by atoms with Gasteiger partial charge in [0.15, 0.2) is 0 Å². The lowest BCUT2D eigenvalue weighted by atomic mass is 9.97. The summed E-state index contributed by atoms with van der Waals surface area (Å²) in [5.41, 5.74) is -0.657. The minimum atomic E-state index is -0.657. The minimum Gasteiger partial charge on any atom is -0.480 e. The number of rotatable bonds is 7. The normalized spacial score (nSPS) is 32.7. The third-order valence-electron chi connectivity index (χ3n) is 4.88. The SMILES string of the molecule is CCC(C)CN(C)C1CCC(NC2CC2)(C(=O)O)C1. The van der Waals surface area contributed by atoms with Gasteiger partial charge in [-0.2, -0.15) is 0 Å². The number of nitrogens with zero attached hydrogens (tertiary/aromatic N) is 1. The van der Waals surface area contributed by atoms with Crippen LogP contribution in [0.25, 0.3) is 0 Å². The van der Waals surface area contributed by atoms with Gasteiger partial charge < -0.3 is 10.0 Å². The quantitative estimate of drug-likeness (QED) is 0.742. The largest absolute Gasteiger partial charge is 0.480 e. The summed E-state index contributed by atoms with van der Waals surface area (Å²) < 4.78 is 0. The molecule has 4 nitrogen and oxygen atoms in total. The highest BCUT2D eigenvalue weighted by Gasteiger charge is 2.48. The van der Waals surface area contributed by atoms with Crippen LogP contribution in [0.2, 0.25) is 0 Å². The number of carboxylic acids is 1. The van der Waals surface area contributed by atoms with Crippen LogP contribution in [-0.4, -0.2) is 47.2 Å². The van der Waals surface area contributed by atoms with Crippen molar-refractivity contribution in [2.75, 3.05) is 13.6 Å². The maximum Gasteiger partial charge on any atom is 0.323 e. The average molecular weight is 268 g/mol. The molecule has 2 aliphatic rings. The average Bonchev–Trinajstić information content (AvgIpc) is 3.05. The fourth-order valence-electron chi connectivity index (χ4n) is 3.17. The summed E-state index contributed by atoms with van der Waals surface area (Å²) in [6.45, 7) is 5.54. The molecule has 4 heteroatoms. The molecule has 0 amide bonds. The van der Waals surface area contributed by atoms with Gasteiger partial charge in [0.05, 0.1) is 0 Å². The summed E-state index contributed by atoms with van der Waals surface area (Å²) >= 11 is 0. The Labute approximate surface area is 116 Å². The molecule has 0 aromatic heterocycles. The van der Waals surface area contributed by atoms with Gasteiger partial charge in [-0.1, -0.05) is 20.3 Å². The minimum absolute atomic E-state index is 0.413. The molecule has 2 rings (SSSR count). The second-order valence-electron chi connectivity index (χ2n) is 6.66. The van der Waals surface area contributed by atoms with Gasteiger partial charge in [-0.05, 0) is 45.1 Å². The van der Waals surface area contributed by atoms with Crippen molar-refractivity contribution in [2.24, 2.45) is 5.92 Å². The summed E-state index contributed by atoms with van der Waals surface area (Å²) in [4.78, 5) is 14.0. The number of carbonyl (C=O) groups is 1. The number of aliphatic carboxylic acids is 1. The van der Waals surface area contributed by atoms with Gasteiger partial charge >= 0.3 is 5.97 Å². The summed E-state index contributed by atoms with van der Waals surface area (Å²) in [7, 11) is 2.14. The molecule has 0 aliphatic heterocycles. The lowest BCUT2D eigenvalue weighted by molar-refractivity contribution is -0.145. The third-order valence-corrected chi connectivity index (χ3v) is 4.88. The van der Waals surface area contributed by atoms with Gasteiger partial charge in [0.2, 0.25) is 0 Å². The van der Waals surface area contributed by atoms with E-state index in [9.17, 15) is 9.90 Å².